The Labute approximate surface area is 118 Å². The summed E-state index contributed by atoms with van der Waals surface area (Å²) in [5.74, 6) is -1.26. The van der Waals surface area contributed by atoms with E-state index < -0.39 is 12.0 Å². The maximum atomic E-state index is 12.6. The van der Waals surface area contributed by atoms with Gasteiger partial charge in [0.05, 0.1) is 0 Å². The molecule has 0 spiro atoms. The van der Waals surface area contributed by atoms with Crippen LogP contribution in [0.2, 0.25) is 5.15 Å². The van der Waals surface area contributed by atoms with Gasteiger partial charge >= 0.3 is 6.18 Å². The molecule has 106 valence electrons. The fourth-order valence-corrected chi connectivity index (χ4v) is 1.99. The van der Waals surface area contributed by atoms with Gasteiger partial charge in [-0.15, -0.1) is 0 Å². The second kappa shape index (κ2) is 5.28. The molecule has 0 aliphatic heterocycles. The first-order valence-electron chi connectivity index (χ1n) is 5.71. The third-order valence-corrected chi connectivity index (χ3v) is 2.64. The van der Waals surface area contributed by atoms with Crippen LogP contribution in [0.1, 0.15) is 17.0 Å². The molecule has 0 amide bonds. The predicted molar refractivity (Wildman–Crippen MR) is 71.2 cm³/mol. The van der Waals surface area contributed by atoms with Crippen LogP contribution in [0.25, 0.3) is 0 Å². The van der Waals surface area contributed by atoms with E-state index in [0.29, 0.717) is 5.69 Å². The summed E-state index contributed by atoms with van der Waals surface area (Å²) >= 11 is 5.59. The number of alkyl halides is 3. The highest BCUT2D eigenvalue weighted by Crippen LogP contribution is 2.29. The van der Waals surface area contributed by atoms with Crippen LogP contribution in [0.15, 0.2) is 24.3 Å². The van der Waals surface area contributed by atoms with Crippen LogP contribution in [0.4, 0.5) is 24.7 Å². The van der Waals surface area contributed by atoms with E-state index in [1.165, 1.54) is 6.07 Å². The number of halogens is 4. The monoisotopic (exact) mass is 301 g/mol. The number of hydrogen-bond donors (Lipinski definition) is 1. The normalized spacial score (nSPS) is 11.5. The van der Waals surface area contributed by atoms with E-state index in [4.69, 9.17) is 11.6 Å². The summed E-state index contributed by atoms with van der Waals surface area (Å²) < 4.78 is 37.8. The van der Waals surface area contributed by atoms with Crippen LogP contribution < -0.4 is 5.32 Å². The van der Waals surface area contributed by atoms with Crippen molar-refractivity contribution in [3.8, 4) is 0 Å². The first kappa shape index (κ1) is 14.6. The lowest BCUT2D eigenvalue weighted by Crippen LogP contribution is -2.12. The van der Waals surface area contributed by atoms with E-state index in [2.05, 4.69) is 15.3 Å². The zero-order valence-electron chi connectivity index (χ0n) is 10.7. The first-order chi connectivity index (χ1) is 9.24. The van der Waals surface area contributed by atoms with E-state index >= 15 is 0 Å². The third kappa shape index (κ3) is 3.60. The zero-order chi connectivity index (χ0) is 14.9. The summed E-state index contributed by atoms with van der Waals surface area (Å²) in [5, 5.41) is 2.54. The summed E-state index contributed by atoms with van der Waals surface area (Å²) in [4.78, 5) is 6.60. The SMILES string of the molecule is Cc1cc(C)cc(Nc2cc(Cl)nc(C(F)(F)F)n2)c1. The van der Waals surface area contributed by atoms with Gasteiger partial charge in [-0.1, -0.05) is 17.7 Å². The molecule has 1 N–H and O–H groups in total. The lowest BCUT2D eigenvalue weighted by molar-refractivity contribution is -0.144. The van der Waals surface area contributed by atoms with Crippen LogP contribution >= 0.6 is 11.6 Å². The van der Waals surface area contributed by atoms with Crippen molar-refractivity contribution in [2.45, 2.75) is 20.0 Å². The average Bonchev–Trinajstić information content (AvgIpc) is 2.25. The van der Waals surface area contributed by atoms with Gasteiger partial charge in [0.25, 0.3) is 0 Å². The number of anilines is 2. The highest BCUT2D eigenvalue weighted by Gasteiger charge is 2.35. The van der Waals surface area contributed by atoms with E-state index in [9.17, 15) is 13.2 Å². The Morgan fingerprint density at radius 2 is 1.60 bits per heavy atom. The molecule has 0 aliphatic rings. The Hall–Kier alpha value is -1.82. The van der Waals surface area contributed by atoms with Crippen LogP contribution in [0.5, 0.6) is 0 Å². The van der Waals surface area contributed by atoms with Crippen molar-refractivity contribution in [2.24, 2.45) is 0 Å². The average molecular weight is 302 g/mol. The minimum absolute atomic E-state index is 0.00215. The number of hydrogen-bond acceptors (Lipinski definition) is 3. The Balaban J connectivity index is 2.36. The van der Waals surface area contributed by atoms with Gasteiger partial charge in [0.15, 0.2) is 0 Å². The van der Waals surface area contributed by atoms with Gasteiger partial charge < -0.3 is 5.32 Å². The summed E-state index contributed by atoms with van der Waals surface area (Å²) in [6.45, 7) is 3.79. The number of rotatable bonds is 2. The molecule has 1 aromatic heterocycles. The van der Waals surface area contributed by atoms with Crippen LogP contribution in [0.3, 0.4) is 0 Å². The molecule has 0 bridgehead atoms. The topological polar surface area (TPSA) is 37.8 Å². The highest BCUT2D eigenvalue weighted by molar-refractivity contribution is 6.29. The second-order valence-electron chi connectivity index (χ2n) is 4.40. The quantitative estimate of drug-likeness (QED) is 0.829. The Bertz CT molecular complexity index is 621. The third-order valence-electron chi connectivity index (χ3n) is 2.44. The number of benzene rings is 1. The van der Waals surface area contributed by atoms with Gasteiger partial charge in [0.1, 0.15) is 11.0 Å². The first-order valence-corrected chi connectivity index (χ1v) is 6.09. The lowest BCUT2D eigenvalue weighted by Gasteiger charge is -2.11. The molecule has 7 heteroatoms. The summed E-state index contributed by atoms with van der Waals surface area (Å²) in [6.07, 6.45) is -4.64. The molecule has 1 heterocycles. The van der Waals surface area contributed by atoms with Crippen molar-refractivity contribution in [1.82, 2.24) is 9.97 Å². The summed E-state index contributed by atoms with van der Waals surface area (Å²) in [7, 11) is 0. The second-order valence-corrected chi connectivity index (χ2v) is 4.79. The van der Waals surface area contributed by atoms with Gasteiger partial charge in [-0.3, -0.25) is 0 Å². The lowest BCUT2D eigenvalue weighted by atomic mass is 10.1. The molecule has 3 nitrogen and oxygen atoms in total. The number of nitrogens with zero attached hydrogens (tertiary/aromatic N) is 2. The van der Waals surface area contributed by atoms with Crippen molar-refractivity contribution >= 4 is 23.1 Å². The standard InChI is InChI=1S/C13H11ClF3N3/c1-7-3-8(2)5-9(4-7)18-11-6-10(14)19-12(20-11)13(15,16)17/h3-6H,1-2H3,(H,18,19,20). The van der Waals surface area contributed by atoms with Crippen LogP contribution in [-0.2, 0) is 6.18 Å². The van der Waals surface area contributed by atoms with Gasteiger partial charge in [-0.2, -0.15) is 13.2 Å². The largest absolute Gasteiger partial charge is 0.451 e. The fraction of sp³-hybridized carbons (Fsp3) is 0.231. The molecule has 0 saturated heterocycles. The van der Waals surface area contributed by atoms with Crippen molar-refractivity contribution in [3.05, 3.63) is 46.4 Å². The van der Waals surface area contributed by atoms with Crippen LogP contribution in [-0.4, -0.2) is 9.97 Å². The molecule has 0 unspecified atom stereocenters. The predicted octanol–water partition coefficient (Wildman–Crippen LogP) is 4.51. The minimum Gasteiger partial charge on any atom is -0.340 e. The number of nitrogens with one attached hydrogen (secondary N) is 1. The van der Waals surface area contributed by atoms with Gasteiger partial charge in [0.2, 0.25) is 5.82 Å². The van der Waals surface area contributed by atoms with Crippen LogP contribution in [0, 0.1) is 13.8 Å². The smallest absolute Gasteiger partial charge is 0.340 e. The molecule has 2 aromatic rings. The summed E-state index contributed by atoms with van der Waals surface area (Å²) in [5.41, 5.74) is 2.62. The van der Waals surface area contributed by atoms with Crippen molar-refractivity contribution in [1.29, 1.82) is 0 Å². The molecule has 1 aromatic carbocycles. The van der Waals surface area contributed by atoms with Crippen molar-refractivity contribution in [3.63, 3.8) is 0 Å². The molecule has 0 fully saturated rings. The van der Waals surface area contributed by atoms with E-state index in [0.717, 1.165) is 11.1 Å². The molecule has 2 rings (SSSR count). The molecular weight excluding hydrogens is 291 g/mol. The van der Waals surface area contributed by atoms with Crippen molar-refractivity contribution < 1.29 is 13.2 Å². The number of aromatic nitrogens is 2. The molecule has 0 atom stereocenters. The van der Waals surface area contributed by atoms with Gasteiger partial charge in [0, 0.05) is 11.8 Å². The summed E-state index contributed by atoms with van der Waals surface area (Å²) in [6, 6.07) is 6.81. The molecule has 0 aliphatic carbocycles. The number of aryl methyl sites for hydroxylation is 2. The fourth-order valence-electron chi connectivity index (χ4n) is 1.80. The highest BCUT2D eigenvalue weighted by atomic mass is 35.5. The Morgan fingerprint density at radius 1 is 1.00 bits per heavy atom. The molecule has 0 radical (unpaired) electrons. The van der Waals surface area contributed by atoms with Gasteiger partial charge in [-0.05, 0) is 37.1 Å². The Kier molecular flexibility index (Phi) is 3.85. The van der Waals surface area contributed by atoms with E-state index in [1.54, 1.807) is 12.1 Å². The zero-order valence-corrected chi connectivity index (χ0v) is 11.5. The minimum atomic E-state index is -4.64. The Morgan fingerprint density at radius 3 is 2.15 bits per heavy atom. The van der Waals surface area contributed by atoms with Gasteiger partial charge in [-0.25, -0.2) is 9.97 Å². The molecular formula is C13H11ClF3N3. The van der Waals surface area contributed by atoms with Crippen molar-refractivity contribution in [2.75, 3.05) is 5.32 Å². The van der Waals surface area contributed by atoms with E-state index in [1.807, 2.05) is 19.9 Å². The maximum absolute atomic E-state index is 12.6. The molecule has 0 saturated carbocycles. The maximum Gasteiger partial charge on any atom is 0.451 e. The molecule has 20 heavy (non-hydrogen) atoms. The van der Waals surface area contributed by atoms with E-state index in [-0.39, 0.29) is 11.0 Å².